The van der Waals surface area contributed by atoms with Crippen molar-refractivity contribution >= 4 is 28.7 Å². The van der Waals surface area contributed by atoms with E-state index in [4.69, 9.17) is 4.74 Å². The van der Waals surface area contributed by atoms with Crippen LogP contribution in [0.1, 0.15) is 22.3 Å². The zero-order chi connectivity index (χ0) is 27.1. The van der Waals surface area contributed by atoms with Crippen molar-refractivity contribution in [3.8, 4) is 11.1 Å². The average Bonchev–Trinajstić information content (AvgIpc) is 3.56. The van der Waals surface area contributed by atoms with Crippen LogP contribution in [0.3, 0.4) is 0 Å². The van der Waals surface area contributed by atoms with Gasteiger partial charge in [0.1, 0.15) is 11.6 Å². The first-order valence-corrected chi connectivity index (χ1v) is 12.8. The molecule has 0 bridgehead atoms. The van der Waals surface area contributed by atoms with Crippen molar-refractivity contribution in [1.82, 2.24) is 14.4 Å². The number of hydrogen-bond acceptors (Lipinski definition) is 6. The van der Waals surface area contributed by atoms with Gasteiger partial charge >= 0.3 is 0 Å². The van der Waals surface area contributed by atoms with E-state index in [1.807, 2.05) is 29.8 Å². The minimum atomic E-state index is -2.79. The number of anilines is 3. The Hall–Kier alpha value is -4.12. The summed E-state index contributed by atoms with van der Waals surface area (Å²) in [6.45, 7) is 4.23. The fourth-order valence-electron chi connectivity index (χ4n) is 5.14. The molecule has 5 heterocycles. The number of benzene rings is 1. The van der Waals surface area contributed by atoms with Crippen LogP contribution >= 0.6 is 0 Å². The van der Waals surface area contributed by atoms with Crippen molar-refractivity contribution in [2.24, 2.45) is 0 Å². The summed E-state index contributed by atoms with van der Waals surface area (Å²) < 4.78 is 49.8. The van der Waals surface area contributed by atoms with Crippen molar-refractivity contribution in [3.05, 3.63) is 72.1 Å². The smallest absolute Gasteiger partial charge is 0.266 e. The number of carbonyl (C=O) groups is 1. The van der Waals surface area contributed by atoms with Crippen molar-refractivity contribution < 1.29 is 22.7 Å². The molecule has 1 aromatic carbocycles. The minimum Gasteiger partial charge on any atom is -0.378 e. The van der Waals surface area contributed by atoms with Gasteiger partial charge < -0.3 is 24.3 Å². The third-order valence-electron chi connectivity index (χ3n) is 7.19. The molecule has 0 atom stereocenters. The van der Waals surface area contributed by atoms with Gasteiger partial charge in [-0.2, -0.15) is 0 Å². The molecule has 8 nitrogen and oxygen atoms in total. The number of morpholine rings is 1. The highest BCUT2D eigenvalue weighted by molar-refractivity contribution is 6.05. The number of imidazole rings is 1. The number of aromatic nitrogens is 3. The number of fused-ring (bicyclic) bond motifs is 1. The SMILES string of the molecule is Cc1cc(F)c(NC(=O)c2ccnc(N3CCC(F)(F)C3)c2)cc1-c1cc(N2CCOCC2)c2nccn2c1. The lowest BCUT2D eigenvalue weighted by Crippen LogP contribution is -2.36. The Kier molecular flexibility index (Phi) is 6.38. The van der Waals surface area contributed by atoms with Gasteiger partial charge in [0.15, 0.2) is 5.65 Å². The van der Waals surface area contributed by atoms with E-state index < -0.39 is 24.2 Å². The number of alkyl halides is 2. The zero-order valence-corrected chi connectivity index (χ0v) is 21.3. The summed E-state index contributed by atoms with van der Waals surface area (Å²) in [5.41, 5.74) is 4.29. The number of pyridine rings is 2. The van der Waals surface area contributed by atoms with Gasteiger partial charge in [-0.05, 0) is 48.4 Å². The maximum atomic E-state index is 15.1. The summed E-state index contributed by atoms with van der Waals surface area (Å²) in [4.78, 5) is 25.4. The van der Waals surface area contributed by atoms with Gasteiger partial charge in [-0.3, -0.25) is 4.79 Å². The highest BCUT2D eigenvalue weighted by Gasteiger charge is 2.38. The van der Waals surface area contributed by atoms with E-state index in [0.29, 0.717) is 18.8 Å². The molecule has 2 saturated heterocycles. The first-order valence-electron chi connectivity index (χ1n) is 12.8. The van der Waals surface area contributed by atoms with Gasteiger partial charge in [-0.1, -0.05) is 0 Å². The monoisotopic (exact) mass is 536 g/mol. The van der Waals surface area contributed by atoms with Crippen molar-refractivity contribution in [2.75, 3.05) is 54.5 Å². The number of aryl methyl sites for hydroxylation is 1. The summed E-state index contributed by atoms with van der Waals surface area (Å²) in [6, 6.07) is 7.96. The Morgan fingerprint density at radius 2 is 1.87 bits per heavy atom. The molecule has 0 unspecified atom stereocenters. The maximum absolute atomic E-state index is 15.1. The molecule has 0 spiro atoms. The Bertz CT molecular complexity index is 1550. The number of rotatable bonds is 5. The number of ether oxygens (including phenoxy) is 1. The number of halogens is 3. The lowest BCUT2D eigenvalue weighted by molar-refractivity contribution is 0.0256. The highest BCUT2D eigenvalue weighted by Crippen LogP contribution is 2.34. The predicted octanol–water partition coefficient (Wildman–Crippen LogP) is 4.78. The van der Waals surface area contributed by atoms with E-state index in [1.54, 1.807) is 12.3 Å². The van der Waals surface area contributed by atoms with Crippen LogP contribution in [0.15, 0.2) is 55.1 Å². The third kappa shape index (κ3) is 5.01. The van der Waals surface area contributed by atoms with Crippen molar-refractivity contribution in [1.29, 1.82) is 0 Å². The molecule has 3 aromatic heterocycles. The molecule has 0 aliphatic carbocycles. The van der Waals surface area contributed by atoms with Crippen LogP contribution in [-0.2, 0) is 4.74 Å². The van der Waals surface area contributed by atoms with Gasteiger partial charge in [0.2, 0.25) is 0 Å². The summed E-state index contributed by atoms with van der Waals surface area (Å²) in [7, 11) is 0. The average molecular weight is 537 g/mol. The van der Waals surface area contributed by atoms with Crippen LogP contribution in [0.2, 0.25) is 0 Å². The number of nitrogens with one attached hydrogen (secondary N) is 1. The van der Waals surface area contributed by atoms with Crippen LogP contribution in [0, 0.1) is 12.7 Å². The van der Waals surface area contributed by atoms with Gasteiger partial charge in [-0.15, -0.1) is 0 Å². The topological polar surface area (TPSA) is 75.0 Å². The van der Waals surface area contributed by atoms with E-state index in [9.17, 15) is 13.6 Å². The molecule has 4 aromatic rings. The maximum Gasteiger partial charge on any atom is 0.266 e. The molecular formula is C28H27F3N6O2. The van der Waals surface area contributed by atoms with Crippen LogP contribution in [0.5, 0.6) is 0 Å². The normalized spacial score (nSPS) is 17.1. The standard InChI is InChI=1S/C28H27F3N6O2/c1-18-12-22(29)23(34-27(38)19-2-4-32-25(14-19)37-6-3-28(30,31)17-37)15-21(18)20-13-24(35-8-10-39-11-9-35)26-33-5-7-36(26)16-20/h2,4-5,7,12-16H,3,6,8-11,17H2,1H3,(H,34,38). The quantitative estimate of drug-likeness (QED) is 0.396. The molecule has 6 rings (SSSR count). The number of amides is 1. The van der Waals surface area contributed by atoms with Crippen LogP contribution in [0.25, 0.3) is 16.8 Å². The molecule has 2 aliphatic rings. The summed E-state index contributed by atoms with van der Waals surface area (Å²) in [6.07, 6.45) is 6.66. The molecule has 1 N–H and O–H groups in total. The first-order chi connectivity index (χ1) is 18.8. The zero-order valence-electron chi connectivity index (χ0n) is 21.3. The largest absolute Gasteiger partial charge is 0.378 e. The first kappa shape index (κ1) is 25.2. The van der Waals surface area contributed by atoms with Gasteiger partial charge in [-0.25, -0.2) is 23.1 Å². The molecule has 1 amide bonds. The Balaban J connectivity index is 1.31. The van der Waals surface area contributed by atoms with Crippen molar-refractivity contribution in [2.45, 2.75) is 19.3 Å². The van der Waals surface area contributed by atoms with E-state index in [1.165, 1.54) is 29.3 Å². The highest BCUT2D eigenvalue weighted by atomic mass is 19.3. The molecule has 2 fully saturated rings. The Morgan fingerprint density at radius 3 is 2.64 bits per heavy atom. The summed E-state index contributed by atoms with van der Waals surface area (Å²) in [5.74, 6) is -3.63. The Labute approximate surface area is 223 Å². The van der Waals surface area contributed by atoms with Crippen LogP contribution in [-0.4, -0.2) is 65.6 Å². The van der Waals surface area contributed by atoms with E-state index in [2.05, 4.69) is 20.2 Å². The number of carbonyl (C=O) groups excluding carboxylic acids is 1. The van der Waals surface area contributed by atoms with Gasteiger partial charge in [0.05, 0.1) is 31.1 Å². The van der Waals surface area contributed by atoms with Crippen LogP contribution in [0.4, 0.5) is 30.4 Å². The summed E-state index contributed by atoms with van der Waals surface area (Å²) >= 11 is 0. The number of hydrogen-bond donors (Lipinski definition) is 1. The van der Waals surface area contributed by atoms with Crippen molar-refractivity contribution in [3.63, 3.8) is 0 Å². The van der Waals surface area contributed by atoms with E-state index >= 15 is 4.39 Å². The van der Waals surface area contributed by atoms with Crippen LogP contribution < -0.4 is 15.1 Å². The summed E-state index contributed by atoms with van der Waals surface area (Å²) in [5, 5.41) is 2.65. The molecule has 0 radical (unpaired) electrons. The van der Waals surface area contributed by atoms with Gasteiger partial charge in [0, 0.05) is 62.0 Å². The second-order valence-electron chi connectivity index (χ2n) is 9.90. The lowest BCUT2D eigenvalue weighted by Gasteiger charge is -2.29. The lowest BCUT2D eigenvalue weighted by atomic mass is 10.00. The molecular weight excluding hydrogens is 509 g/mol. The fourth-order valence-corrected chi connectivity index (χ4v) is 5.14. The van der Waals surface area contributed by atoms with Gasteiger partial charge in [0.25, 0.3) is 11.8 Å². The van der Waals surface area contributed by atoms with E-state index in [-0.39, 0.29) is 30.0 Å². The second-order valence-corrected chi connectivity index (χ2v) is 9.90. The van der Waals surface area contributed by atoms with E-state index in [0.717, 1.165) is 35.6 Å². The molecule has 0 saturated carbocycles. The second kappa shape index (κ2) is 9.88. The Morgan fingerprint density at radius 1 is 1.05 bits per heavy atom. The molecule has 11 heteroatoms. The predicted molar refractivity (Wildman–Crippen MR) is 142 cm³/mol. The minimum absolute atomic E-state index is 0.0188. The molecule has 39 heavy (non-hydrogen) atoms. The number of nitrogens with zero attached hydrogens (tertiary/aromatic N) is 5. The fraction of sp³-hybridized carbons (Fsp3) is 0.321. The third-order valence-corrected chi connectivity index (χ3v) is 7.19. The molecule has 202 valence electrons. The molecule has 2 aliphatic heterocycles.